The van der Waals surface area contributed by atoms with E-state index in [1.54, 1.807) is 0 Å². The van der Waals surface area contributed by atoms with E-state index in [-0.39, 0.29) is 12.4 Å². The summed E-state index contributed by atoms with van der Waals surface area (Å²) in [5.41, 5.74) is 0.800. The topological polar surface area (TPSA) is 12.0 Å². The lowest BCUT2D eigenvalue weighted by molar-refractivity contribution is 0.485. The van der Waals surface area contributed by atoms with E-state index in [0.29, 0.717) is 0 Å². The van der Waals surface area contributed by atoms with E-state index in [0.717, 1.165) is 11.5 Å². The number of hydrogen-bond acceptors (Lipinski definition) is 1. The Balaban J connectivity index is 0.000000500. The van der Waals surface area contributed by atoms with Gasteiger partial charge in [-0.25, -0.2) is 0 Å². The average Bonchev–Trinajstić information content (AvgIpc) is 2.30. The Bertz CT molecular complexity index is 118. The summed E-state index contributed by atoms with van der Waals surface area (Å²) in [7, 11) is 2.09. The molecule has 1 N–H and O–H groups in total. The lowest BCUT2D eigenvalue weighted by Gasteiger charge is -2.05. The standard InChI is InChI=1S/C8H15N.ClH/c1-9-7-6-8(7)4-2-3-5-8;/h7,9H,2-6H2,1H3;1H. The highest BCUT2D eigenvalue weighted by molar-refractivity contribution is 5.85. The predicted octanol–water partition coefficient (Wildman–Crippen LogP) is 1.96. The van der Waals surface area contributed by atoms with Crippen LogP contribution in [0.15, 0.2) is 0 Å². The first-order valence-electron chi connectivity index (χ1n) is 4.05. The van der Waals surface area contributed by atoms with Gasteiger partial charge in [-0.15, -0.1) is 12.4 Å². The van der Waals surface area contributed by atoms with Crippen LogP contribution in [0.4, 0.5) is 0 Å². The molecule has 1 unspecified atom stereocenters. The molecular weight excluding hydrogens is 146 g/mol. The van der Waals surface area contributed by atoms with E-state index in [1.807, 2.05) is 0 Å². The number of hydrogen-bond donors (Lipinski definition) is 1. The molecule has 2 heteroatoms. The van der Waals surface area contributed by atoms with Crippen LogP contribution in [-0.4, -0.2) is 13.1 Å². The van der Waals surface area contributed by atoms with E-state index in [1.165, 1.54) is 32.1 Å². The Labute approximate surface area is 69.0 Å². The fraction of sp³-hybridized carbons (Fsp3) is 1.00. The zero-order valence-electron chi connectivity index (χ0n) is 6.52. The molecule has 0 aromatic rings. The fourth-order valence-corrected chi connectivity index (χ4v) is 2.39. The van der Waals surface area contributed by atoms with Gasteiger partial charge in [-0.2, -0.15) is 0 Å². The third-order valence-electron chi connectivity index (χ3n) is 3.14. The second-order valence-electron chi connectivity index (χ2n) is 3.61. The molecule has 0 amide bonds. The fourth-order valence-electron chi connectivity index (χ4n) is 2.39. The van der Waals surface area contributed by atoms with Gasteiger partial charge in [0, 0.05) is 6.04 Å². The van der Waals surface area contributed by atoms with Crippen LogP contribution in [0.25, 0.3) is 0 Å². The van der Waals surface area contributed by atoms with Gasteiger partial charge >= 0.3 is 0 Å². The summed E-state index contributed by atoms with van der Waals surface area (Å²) in [6, 6.07) is 0.889. The molecule has 0 bridgehead atoms. The molecule has 0 saturated heterocycles. The lowest BCUT2D eigenvalue weighted by atomic mass is 10.1. The number of rotatable bonds is 1. The first-order valence-corrected chi connectivity index (χ1v) is 4.05. The van der Waals surface area contributed by atoms with E-state index < -0.39 is 0 Å². The Morgan fingerprint density at radius 1 is 1.30 bits per heavy atom. The molecular formula is C8H16ClN. The van der Waals surface area contributed by atoms with E-state index in [9.17, 15) is 0 Å². The maximum atomic E-state index is 3.37. The van der Waals surface area contributed by atoms with Gasteiger partial charge in [0.05, 0.1) is 0 Å². The van der Waals surface area contributed by atoms with Crippen molar-refractivity contribution < 1.29 is 0 Å². The van der Waals surface area contributed by atoms with Gasteiger partial charge in [-0.3, -0.25) is 0 Å². The highest BCUT2D eigenvalue weighted by atomic mass is 35.5. The molecule has 0 aromatic carbocycles. The molecule has 1 nitrogen and oxygen atoms in total. The van der Waals surface area contributed by atoms with Crippen molar-refractivity contribution in [1.29, 1.82) is 0 Å². The van der Waals surface area contributed by atoms with Crippen molar-refractivity contribution in [2.75, 3.05) is 7.05 Å². The minimum absolute atomic E-state index is 0. The van der Waals surface area contributed by atoms with Crippen LogP contribution in [0.1, 0.15) is 32.1 Å². The minimum atomic E-state index is 0. The third kappa shape index (κ3) is 1.06. The van der Waals surface area contributed by atoms with Crippen molar-refractivity contribution >= 4 is 12.4 Å². The molecule has 0 aliphatic heterocycles. The molecule has 2 aliphatic carbocycles. The van der Waals surface area contributed by atoms with E-state index in [4.69, 9.17) is 0 Å². The molecule has 60 valence electrons. The van der Waals surface area contributed by atoms with Crippen LogP contribution in [0.5, 0.6) is 0 Å². The van der Waals surface area contributed by atoms with Gasteiger partial charge in [0.1, 0.15) is 0 Å². The molecule has 2 rings (SSSR count). The smallest absolute Gasteiger partial charge is 0.0127 e. The minimum Gasteiger partial charge on any atom is -0.316 e. The summed E-state index contributed by atoms with van der Waals surface area (Å²) in [5, 5.41) is 3.37. The largest absolute Gasteiger partial charge is 0.316 e. The Hall–Kier alpha value is 0.250. The van der Waals surface area contributed by atoms with Crippen LogP contribution >= 0.6 is 12.4 Å². The normalized spacial score (nSPS) is 33.9. The number of halogens is 1. The van der Waals surface area contributed by atoms with Crippen molar-refractivity contribution in [3.63, 3.8) is 0 Å². The molecule has 1 spiro atoms. The quantitative estimate of drug-likeness (QED) is 0.620. The second-order valence-corrected chi connectivity index (χ2v) is 3.61. The third-order valence-corrected chi connectivity index (χ3v) is 3.14. The monoisotopic (exact) mass is 161 g/mol. The highest BCUT2D eigenvalue weighted by Gasteiger charge is 2.53. The Morgan fingerprint density at radius 3 is 2.30 bits per heavy atom. The zero-order chi connectivity index (χ0) is 6.32. The zero-order valence-corrected chi connectivity index (χ0v) is 7.34. The van der Waals surface area contributed by atoms with Crippen LogP contribution in [0.3, 0.4) is 0 Å². The summed E-state index contributed by atoms with van der Waals surface area (Å²) in [4.78, 5) is 0. The first-order chi connectivity index (χ1) is 4.37. The van der Waals surface area contributed by atoms with Crippen molar-refractivity contribution in [3.05, 3.63) is 0 Å². The summed E-state index contributed by atoms with van der Waals surface area (Å²) in [6.45, 7) is 0. The molecule has 2 aliphatic rings. The maximum Gasteiger partial charge on any atom is 0.0127 e. The van der Waals surface area contributed by atoms with Crippen LogP contribution in [0.2, 0.25) is 0 Å². The van der Waals surface area contributed by atoms with Gasteiger partial charge in [0.25, 0.3) is 0 Å². The molecule has 0 heterocycles. The Kier molecular flexibility index (Phi) is 2.26. The SMILES string of the molecule is CNC1CC12CCCC2.Cl. The van der Waals surface area contributed by atoms with E-state index >= 15 is 0 Å². The van der Waals surface area contributed by atoms with Crippen LogP contribution < -0.4 is 5.32 Å². The van der Waals surface area contributed by atoms with Crippen molar-refractivity contribution in [3.8, 4) is 0 Å². The second kappa shape index (κ2) is 2.71. The maximum absolute atomic E-state index is 3.37. The van der Waals surface area contributed by atoms with Gasteiger partial charge in [0.15, 0.2) is 0 Å². The van der Waals surface area contributed by atoms with E-state index in [2.05, 4.69) is 12.4 Å². The summed E-state index contributed by atoms with van der Waals surface area (Å²) in [5.74, 6) is 0. The van der Waals surface area contributed by atoms with Gasteiger partial charge < -0.3 is 5.32 Å². The van der Waals surface area contributed by atoms with Crippen LogP contribution in [-0.2, 0) is 0 Å². The Morgan fingerprint density at radius 2 is 1.90 bits per heavy atom. The highest BCUT2D eigenvalue weighted by Crippen LogP contribution is 2.57. The van der Waals surface area contributed by atoms with Crippen molar-refractivity contribution in [1.82, 2.24) is 5.32 Å². The molecule has 0 aromatic heterocycles. The summed E-state index contributed by atoms with van der Waals surface area (Å²) in [6.07, 6.45) is 7.43. The van der Waals surface area contributed by atoms with Crippen molar-refractivity contribution in [2.24, 2.45) is 5.41 Å². The van der Waals surface area contributed by atoms with Gasteiger partial charge in [-0.1, -0.05) is 12.8 Å². The van der Waals surface area contributed by atoms with Crippen molar-refractivity contribution in [2.45, 2.75) is 38.1 Å². The van der Waals surface area contributed by atoms with Gasteiger partial charge in [0.2, 0.25) is 0 Å². The summed E-state index contributed by atoms with van der Waals surface area (Å²) < 4.78 is 0. The summed E-state index contributed by atoms with van der Waals surface area (Å²) >= 11 is 0. The molecule has 2 saturated carbocycles. The molecule has 1 atom stereocenters. The van der Waals surface area contributed by atoms with Crippen LogP contribution in [0, 0.1) is 5.41 Å². The lowest BCUT2D eigenvalue weighted by Crippen LogP contribution is -2.15. The molecule has 2 fully saturated rings. The van der Waals surface area contributed by atoms with Gasteiger partial charge in [-0.05, 0) is 31.7 Å². The average molecular weight is 162 g/mol. The predicted molar refractivity (Wildman–Crippen MR) is 45.6 cm³/mol. The number of nitrogens with one attached hydrogen (secondary N) is 1. The molecule has 0 radical (unpaired) electrons. The first kappa shape index (κ1) is 8.35. The molecule has 10 heavy (non-hydrogen) atoms.